The molecule has 0 aliphatic heterocycles. The fourth-order valence-corrected chi connectivity index (χ4v) is 4.42. The van der Waals surface area contributed by atoms with E-state index in [9.17, 15) is 8.42 Å². The van der Waals surface area contributed by atoms with Crippen molar-refractivity contribution in [3.8, 4) is 0 Å². The molecule has 1 N–H and O–H groups in total. The quantitative estimate of drug-likeness (QED) is 0.129. The Morgan fingerprint density at radius 2 is 0.667 bits per heavy atom. The second-order valence-corrected chi connectivity index (χ2v) is 10.4. The summed E-state index contributed by atoms with van der Waals surface area (Å²) >= 11 is 0. The molecule has 0 heterocycles. The van der Waals surface area contributed by atoms with Gasteiger partial charge in [-0.3, -0.25) is 0 Å². The molecule has 0 saturated heterocycles. The number of hydrogen-bond acceptors (Lipinski definition) is 5. The van der Waals surface area contributed by atoms with Crippen LogP contribution in [0.4, 0.5) is 0 Å². The molecule has 0 aliphatic carbocycles. The molecule has 0 fully saturated rings. The zero-order valence-corrected chi connectivity index (χ0v) is 23.3. The SMILES string of the molecule is CCCCCCCCCCCCCOS(=O)(=O)OCCCCCCCCCCCC.CCO. The summed E-state index contributed by atoms with van der Waals surface area (Å²) in [6.45, 7) is 6.92. The summed E-state index contributed by atoms with van der Waals surface area (Å²) in [6.07, 6.45) is 25.9. The molecule has 0 spiro atoms. The number of unbranched alkanes of at least 4 members (excludes halogenated alkanes) is 19. The Labute approximate surface area is 207 Å². The van der Waals surface area contributed by atoms with Gasteiger partial charge >= 0.3 is 10.4 Å². The predicted octanol–water partition coefficient (Wildman–Crippen LogP) is 8.49. The third-order valence-corrected chi connectivity index (χ3v) is 6.61. The molecular weight excluding hydrogens is 436 g/mol. The molecule has 0 radical (unpaired) electrons. The van der Waals surface area contributed by atoms with Crippen molar-refractivity contribution >= 4 is 10.4 Å². The molecule has 202 valence electrons. The van der Waals surface area contributed by atoms with Crippen molar-refractivity contribution in [3.63, 3.8) is 0 Å². The summed E-state index contributed by atoms with van der Waals surface area (Å²) in [5.41, 5.74) is 0. The minimum absolute atomic E-state index is 0.247. The maximum absolute atomic E-state index is 11.7. The highest BCUT2D eigenvalue weighted by Crippen LogP contribution is 2.13. The molecule has 0 aliphatic rings. The van der Waals surface area contributed by atoms with Crippen molar-refractivity contribution < 1.29 is 21.9 Å². The summed E-state index contributed by atoms with van der Waals surface area (Å²) in [7, 11) is -3.80. The van der Waals surface area contributed by atoms with Gasteiger partial charge < -0.3 is 5.11 Å². The van der Waals surface area contributed by atoms with Crippen molar-refractivity contribution in [2.45, 2.75) is 156 Å². The minimum Gasteiger partial charge on any atom is -0.397 e. The molecule has 5 nitrogen and oxygen atoms in total. The van der Waals surface area contributed by atoms with Gasteiger partial charge in [0.1, 0.15) is 0 Å². The van der Waals surface area contributed by atoms with Gasteiger partial charge in [0.15, 0.2) is 0 Å². The van der Waals surface area contributed by atoms with Crippen LogP contribution in [0.3, 0.4) is 0 Å². The smallest absolute Gasteiger partial charge is 0.397 e. The summed E-state index contributed by atoms with van der Waals surface area (Å²) in [5.74, 6) is 0. The number of rotatable bonds is 25. The van der Waals surface area contributed by atoms with Crippen molar-refractivity contribution in [1.82, 2.24) is 0 Å². The van der Waals surface area contributed by atoms with E-state index in [1.54, 1.807) is 6.92 Å². The van der Waals surface area contributed by atoms with E-state index in [1.807, 2.05) is 0 Å². The molecule has 0 atom stereocenters. The molecule has 0 bridgehead atoms. The van der Waals surface area contributed by atoms with Gasteiger partial charge in [-0.05, 0) is 19.8 Å². The van der Waals surface area contributed by atoms with Crippen LogP contribution in [-0.4, -0.2) is 33.3 Å². The summed E-state index contributed by atoms with van der Waals surface area (Å²) in [4.78, 5) is 0. The van der Waals surface area contributed by atoms with Crippen LogP contribution in [0.25, 0.3) is 0 Å². The van der Waals surface area contributed by atoms with Crippen LogP contribution in [0, 0.1) is 0 Å². The van der Waals surface area contributed by atoms with Crippen LogP contribution >= 0.6 is 0 Å². The average molecular weight is 495 g/mol. The minimum atomic E-state index is -3.80. The standard InChI is InChI=1S/C25H52O4S.C2H6O/c1-3-5-7-9-11-13-15-17-19-21-23-25-29-30(26,27)28-24-22-20-18-16-14-12-10-8-6-4-2;1-2-3/h3-25H2,1-2H3;3H,2H2,1H3. The van der Waals surface area contributed by atoms with Crippen LogP contribution in [0.5, 0.6) is 0 Å². The molecule has 0 aromatic carbocycles. The lowest BCUT2D eigenvalue weighted by molar-refractivity contribution is 0.208. The maximum Gasteiger partial charge on any atom is 0.399 e. The first-order valence-electron chi connectivity index (χ1n) is 14.2. The Hall–Kier alpha value is -0.170. The lowest BCUT2D eigenvalue weighted by Gasteiger charge is -2.06. The van der Waals surface area contributed by atoms with Crippen LogP contribution in [-0.2, 0) is 18.8 Å². The van der Waals surface area contributed by atoms with E-state index >= 15 is 0 Å². The summed E-state index contributed by atoms with van der Waals surface area (Å²) in [6, 6.07) is 0. The van der Waals surface area contributed by atoms with E-state index in [0.29, 0.717) is 0 Å². The van der Waals surface area contributed by atoms with Crippen molar-refractivity contribution in [1.29, 1.82) is 0 Å². The largest absolute Gasteiger partial charge is 0.399 e. The summed E-state index contributed by atoms with van der Waals surface area (Å²) < 4.78 is 33.4. The lowest BCUT2D eigenvalue weighted by Crippen LogP contribution is -2.12. The fraction of sp³-hybridized carbons (Fsp3) is 1.00. The maximum atomic E-state index is 11.7. The van der Waals surface area contributed by atoms with Gasteiger partial charge in [-0.1, -0.05) is 136 Å². The van der Waals surface area contributed by atoms with Crippen LogP contribution < -0.4 is 0 Å². The first kappa shape index (κ1) is 35.0. The molecule has 6 heteroatoms. The number of aliphatic hydroxyl groups excluding tert-OH is 1. The molecule has 0 aromatic heterocycles. The first-order valence-corrected chi connectivity index (χ1v) is 15.5. The van der Waals surface area contributed by atoms with Crippen molar-refractivity contribution in [2.24, 2.45) is 0 Å². The zero-order chi connectivity index (χ0) is 24.9. The Kier molecular flexibility index (Phi) is 31.7. The Bertz CT molecular complexity index is 440. The van der Waals surface area contributed by atoms with E-state index in [-0.39, 0.29) is 19.8 Å². The molecule has 0 rings (SSSR count). The van der Waals surface area contributed by atoms with Gasteiger partial charge in [0.05, 0.1) is 13.2 Å². The molecule has 0 amide bonds. The summed E-state index contributed by atoms with van der Waals surface area (Å²) in [5, 5.41) is 7.57. The third-order valence-electron chi connectivity index (χ3n) is 5.70. The van der Waals surface area contributed by atoms with Gasteiger partial charge in [-0.25, -0.2) is 8.37 Å². The van der Waals surface area contributed by atoms with Gasteiger partial charge in [-0.2, -0.15) is 8.42 Å². The van der Waals surface area contributed by atoms with E-state index < -0.39 is 10.4 Å². The molecule has 0 unspecified atom stereocenters. The fourth-order valence-electron chi connectivity index (χ4n) is 3.71. The van der Waals surface area contributed by atoms with Crippen molar-refractivity contribution in [3.05, 3.63) is 0 Å². The van der Waals surface area contributed by atoms with Gasteiger partial charge in [0.2, 0.25) is 0 Å². The highest BCUT2D eigenvalue weighted by Gasteiger charge is 2.11. The van der Waals surface area contributed by atoms with Crippen molar-refractivity contribution in [2.75, 3.05) is 19.8 Å². The number of aliphatic hydroxyl groups is 1. The Morgan fingerprint density at radius 3 is 0.909 bits per heavy atom. The van der Waals surface area contributed by atoms with Gasteiger partial charge in [0.25, 0.3) is 0 Å². The lowest BCUT2D eigenvalue weighted by atomic mass is 10.1. The predicted molar refractivity (Wildman–Crippen MR) is 142 cm³/mol. The van der Waals surface area contributed by atoms with Gasteiger partial charge in [-0.15, -0.1) is 0 Å². The molecular formula is C27H58O5S. The van der Waals surface area contributed by atoms with Crippen LogP contribution in [0.15, 0.2) is 0 Å². The monoisotopic (exact) mass is 494 g/mol. The molecule has 33 heavy (non-hydrogen) atoms. The van der Waals surface area contributed by atoms with Crippen LogP contribution in [0.2, 0.25) is 0 Å². The second kappa shape index (κ2) is 29.9. The molecule has 0 saturated carbocycles. The number of hydrogen-bond donors (Lipinski definition) is 1. The van der Waals surface area contributed by atoms with Gasteiger partial charge in [0, 0.05) is 6.61 Å². The second-order valence-electron chi connectivity index (χ2n) is 9.09. The highest BCUT2D eigenvalue weighted by molar-refractivity contribution is 7.81. The van der Waals surface area contributed by atoms with E-state index in [0.717, 1.165) is 38.5 Å². The zero-order valence-electron chi connectivity index (χ0n) is 22.5. The first-order chi connectivity index (χ1) is 16.0. The highest BCUT2D eigenvalue weighted by atomic mass is 32.3. The molecule has 0 aromatic rings. The van der Waals surface area contributed by atoms with Crippen LogP contribution in [0.1, 0.15) is 156 Å². The third kappa shape index (κ3) is 34.1. The average Bonchev–Trinajstić information content (AvgIpc) is 2.78. The van der Waals surface area contributed by atoms with E-state index in [2.05, 4.69) is 13.8 Å². The van der Waals surface area contributed by atoms with E-state index in [1.165, 1.54) is 96.3 Å². The topological polar surface area (TPSA) is 72.8 Å². The van der Waals surface area contributed by atoms with E-state index in [4.69, 9.17) is 13.5 Å². The Morgan fingerprint density at radius 1 is 0.455 bits per heavy atom. The Balaban J connectivity index is 0. The normalized spacial score (nSPS) is 11.4.